The first-order valence-corrected chi connectivity index (χ1v) is 6.08. The Bertz CT molecular complexity index is 165. The van der Waals surface area contributed by atoms with Gasteiger partial charge < -0.3 is 15.0 Å². The summed E-state index contributed by atoms with van der Waals surface area (Å²) in [5.41, 5.74) is 0. The molecule has 0 spiro atoms. The number of rotatable bonds is 5. The standard InChI is InChI=1S/C12H26N2O/c1-10(2)13-9-12(14(3)4)11-5-7-15-8-6-11/h10-13H,5-9H2,1-4H3. The zero-order valence-electron chi connectivity index (χ0n) is 10.6. The van der Waals surface area contributed by atoms with Gasteiger partial charge in [0.15, 0.2) is 0 Å². The van der Waals surface area contributed by atoms with Gasteiger partial charge in [-0.1, -0.05) is 13.8 Å². The molecule has 1 heterocycles. The van der Waals surface area contributed by atoms with Gasteiger partial charge in [0.1, 0.15) is 0 Å². The van der Waals surface area contributed by atoms with E-state index in [-0.39, 0.29) is 0 Å². The quantitative estimate of drug-likeness (QED) is 0.747. The zero-order chi connectivity index (χ0) is 11.3. The number of hydrogen-bond acceptors (Lipinski definition) is 3. The van der Waals surface area contributed by atoms with Crippen molar-refractivity contribution in [2.45, 2.75) is 38.8 Å². The number of likely N-dealkylation sites (N-methyl/N-ethyl adjacent to an activating group) is 1. The normalized spacial score (nSPS) is 21.2. The molecule has 3 nitrogen and oxygen atoms in total. The van der Waals surface area contributed by atoms with E-state index in [1.165, 1.54) is 12.8 Å². The lowest BCUT2D eigenvalue weighted by Gasteiger charge is -2.35. The van der Waals surface area contributed by atoms with Crippen LogP contribution in [-0.4, -0.2) is 50.8 Å². The van der Waals surface area contributed by atoms with E-state index in [2.05, 4.69) is 38.2 Å². The third-order valence-corrected chi connectivity index (χ3v) is 3.21. The highest BCUT2D eigenvalue weighted by atomic mass is 16.5. The molecule has 1 saturated heterocycles. The molecular weight excluding hydrogens is 188 g/mol. The van der Waals surface area contributed by atoms with Crippen molar-refractivity contribution in [3.05, 3.63) is 0 Å². The summed E-state index contributed by atoms with van der Waals surface area (Å²) in [6.07, 6.45) is 2.42. The average molecular weight is 214 g/mol. The van der Waals surface area contributed by atoms with Crippen LogP contribution in [-0.2, 0) is 4.74 Å². The summed E-state index contributed by atoms with van der Waals surface area (Å²) in [5.74, 6) is 0.792. The van der Waals surface area contributed by atoms with Gasteiger partial charge in [0.2, 0.25) is 0 Å². The Morgan fingerprint density at radius 2 is 1.87 bits per heavy atom. The van der Waals surface area contributed by atoms with E-state index < -0.39 is 0 Å². The van der Waals surface area contributed by atoms with Crippen LogP contribution in [0.2, 0.25) is 0 Å². The molecule has 1 N–H and O–H groups in total. The second kappa shape index (κ2) is 6.46. The summed E-state index contributed by atoms with van der Waals surface area (Å²) >= 11 is 0. The highest BCUT2D eigenvalue weighted by molar-refractivity contribution is 4.80. The van der Waals surface area contributed by atoms with Crippen molar-refractivity contribution in [2.75, 3.05) is 33.9 Å². The molecule has 1 rings (SSSR count). The first-order valence-electron chi connectivity index (χ1n) is 6.08. The fraction of sp³-hybridized carbons (Fsp3) is 1.00. The summed E-state index contributed by atoms with van der Waals surface area (Å²) in [5, 5.41) is 3.54. The van der Waals surface area contributed by atoms with Crippen LogP contribution in [0, 0.1) is 5.92 Å². The molecule has 0 aliphatic carbocycles. The molecule has 1 aliphatic rings. The lowest BCUT2D eigenvalue weighted by molar-refractivity contribution is 0.0364. The zero-order valence-corrected chi connectivity index (χ0v) is 10.6. The smallest absolute Gasteiger partial charge is 0.0469 e. The predicted octanol–water partition coefficient (Wildman–Crippen LogP) is 1.34. The molecule has 1 atom stereocenters. The van der Waals surface area contributed by atoms with Crippen molar-refractivity contribution in [1.29, 1.82) is 0 Å². The molecule has 90 valence electrons. The van der Waals surface area contributed by atoms with Crippen molar-refractivity contribution < 1.29 is 4.74 Å². The second-order valence-electron chi connectivity index (χ2n) is 5.04. The molecule has 0 aromatic rings. The lowest BCUT2D eigenvalue weighted by atomic mass is 9.91. The molecule has 0 saturated carbocycles. The minimum atomic E-state index is 0.576. The van der Waals surface area contributed by atoms with Gasteiger partial charge in [0.05, 0.1) is 0 Å². The number of nitrogens with zero attached hydrogens (tertiary/aromatic N) is 1. The minimum Gasteiger partial charge on any atom is -0.381 e. The van der Waals surface area contributed by atoms with E-state index in [1.54, 1.807) is 0 Å². The van der Waals surface area contributed by atoms with E-state index in [4.69, 9.17) is 4.74 Å². The lowest BCUT2D eigenvalue weighted by Crippen LogP contribution is -2.46. The summed E-state index contributed by atoms with van der Waals surface area (Å²) in [4.78, 5) is 2.35. The molecule has 0 bridgehead atoms. The molecule has 0 aromatic carbocycles. The predicted molar refractivity (Wildman–Crippen MR) is 64.2 cm³/mol. The Kier molecular flexibility index (Phi) is 5.58. The van der Waals surface area contributed by atoms with Gasteiger partial charge in [-0.3, -0.25) is 0 Å². The van der Waals surface area contributed by atoms with Crippen molar-refractivity contribution in [2.24, 2.45) is 5.92 Å². The van der Waals surface area contributed by atoms with Crippen molar-refractivity contribution in [3.63, 3.8) is 0 Å². The Morgan fingerprint density at radius 1 is 1.27 bits per heavy atom. The van der Waals surface area contributed by atoms with Crippen molar-refractivity contribution >= 4 is 0 Å². The molecular formula is C12H26N2O. The van der Waals surface area contributed by atoms with Gasteiger partial charge in [0, 0.05) is 31.8 Å². The third kappa shape index (κ3) is 4.49. The number of nitrogens with one attached hydrogen (secondary N) is 1. The maximum atomic E-state index is 5.42. The molecule has 3 heteroatoms. The van der Waals surface area contributed by atoms with Crippen LogP contribution in [0.15, 0.2) is 0 Å². The van der Waals surface area contributed by atoms with E-state index in [1.807, 2.05) is 0 Å². The number of ether oxygens (including phenoxy) is 1. The Balaban J connectivity index is 2.41. The number of hydrogen-bond donors (Lipinski definition) is 1. The van der Waals surface area contributed by atoms with E-state index in [0.717, 1.165) is 25.7 Å². The van der Waals surface area contributed by atoms with Crippen LogP contribution in [0.3, 0.4) is 0 Å². The first kappa shape index (κ1) is 12.9. The van der Waals surface area contributed by atoms with Crippen LogP contribution < -0.4 is 5.32 Å². The van der Waals surface area contributed by atoms with Crippen LogP contribution in [0.5, 0.6) is 0 Å². The van der Waals surface area contributed by atoms with Gasteiger partial charge in [-0.15, -0.1) is 0 Å². The van der Waals surface area contributed by atoms with Crippen molar-refractivity contribution in [1.82, 2.24) is 10.2 Å². The Morgan fingerprint density at radius 3 is 2.33 bits per heavy atom. The molecule has 1 aliphatic heterocycles. The second-order valence-corrected chi connectivity index (χ2v) is 5.04. The fourth-order valence-corrected chi connectivity index (χ4v) is 2.23. The van der Waals surface area contributed by atoms with Gasteiger partial charge in [-0.2, -0.15) is 0 Å². The minimum absolute atomic E-state index is 0.576. The molecule has 0 radical (unpaired) electrons. The fourth-order valence-electron chi connectivity index (χ4n) is 2.23. The third-order valence-electron chi connectivity index (χ3n) is 3.21. The highest BCUT2D eigenvalue weighted by Gasteiger charge is 2.25. The van der Waals surface area contributed by atoms with Gasteiger partial charge >= 0.3 is 0 Å². The summed E-state index contributed by atoms with van der Waals surface area (Å²) in [6, 6.07) is 1.23. The topological polar surface area (TPSA) is 24.5 Å². The Hall–Kier alpha value is -0.120. The van der Waals surface area contributed by atoms with E-state index in [9.17, 15) is 0 Å². The Labute approximate surface area is 94.2 Å². The largest absolute Gasteiger partial charge is 0.381 e. The van der Waals surface area contributed by atoms with Crippen LogP contribution in [0.25, 0.3) is 0 Å². The van der Waals surface area contributed by atoms with Gasteiger partial charge in [-0.05, 0) is 32.9 Å². The van der Waals surface area contributed by atoms with Crippen LogP contribution in [0.1, 0.15) is 26.7 Å². The van der Waals surface area contributed by atoms with E-state index in [0.29, 0.717) is 12.1 Å². The first-order chi connectivity index (χ1) is 7.11. The van der Waals surface area contributed by atoms with Gasteiger partial charge in [0.25, 0.3) is 0 Å². The van der Waals surface area contributed by atoms with E-state index >= 15 is 0 Å². The maximum absolute atomic E-state index is 5.42. The summed E-state index contributed by atoms with van der Waals surface area (Å²) in [7, 11) is 4.37. The summed E-state index contributed by atoms with van der Waals surface area (Å²) in [6.45, 7) is 7.39. The summed E-state index contributed by atoms with van der Waals surface area (Å²) < 4.78 is 5.42. The van der Waals surface area contributed by atoms with Gasteiger partial charge in [-0.25, -0.2) is 0 Å². The van der Waals surface area contributed by atoms with Crippen LogP contribution in [0.4, 0.5) is 0 Å². The van der Waals surface area contributed by atoms with Crippen LogP contribution >= 0.6 is 0 Å². The average Bonchev–Trinajstić information content (AvgIpc) is 2.18. The highest BCUT2D eigenvalue weighted by Crippen LogP contribution is 2.21. The van der Waals surface area contributed by atoms with Crippen molar-refractivity contribution in [3.8, 4) is 0 Å². The molecule has 15 heavy (non-hydrogen) atoms. The maximum Gasteiger partial charge on any atom is 0.0469 e. The SMILES string of the molecule is CC(C)NCC(C1CCOCC1)N(C)C. The monoisotopic (exact) mass is 214 g/mol. The molecule has 1 unspecified atom stereocenters. The molecule has 0 aromatic heterocycles. The molecule has 0 amide bonds. The molecule has 1 fully saturated rings.